The minimum atomic E-state index is -0.00173. The summed E-state index contributed by atoms with van der Waals surface area (Å²) in [5.41, 5.74) is 0.807. The van der Waals surface area contributed by atoms with Gasteiger partial charge in [0.1, 0.15) is 0 Å². The molecule has 1 saturated carbocycles. The van der Waals surface area contributed by atoms with Crippen LogP contribution < -0.4 is 0 Å². The molecule has 8 heteroatoms. The molecule has 0 aromatic carbocycles. The van der Waals surface area contributed by atoms with Crippen LogP contribution in [0.5, 0.6) is 0 Å². The molecule has 0 bridgehead atoms. The number of hydrogen-bond acceptors (Lipinski definition) is 6. The van der Waals surface area contributed by atoms with E-state index in [9.17, 15) is 5.11 Å². The summed E-state index contributed by atoms with van der Waals surface area (Å²) in [6.45, 7) is 2.10. The van der Waals surface area contributed by atoms with Gasteiger partial charge in [0.25, 0.3) is 0 Å². The van der Waals surface area contributed by atoms with E-state index in [1.807, 2.05) is 16.3 Å². The number of tetrazole rings is 1. The molecule has 120 valence electrons. The molecule has 0 aliphatic heterocycles. The Morgan fingerprint density at radius 3 is 2.82 bits per heavy atom. The van der Waals surface area contributed by atoms with Gasteiger partial charge in [-0.1, -0.05) is 31.0 Å². The molecule has 2 heterocycles. The number of thioether (sulfide) groups is 1. The fourth-order valence-corrected chi connectivity index (χ4v) is 3.91. The Labute approximate surface area is 134 Å². The van der Waals surface area contributed by atoms with Crippen LogP contribution >= 0.6 is 11.8 Å². The minimum absolute atomic E-state index is 0.00173. The minimum Gasteiger partial charge on any atom is -0.390 e. The average Bonchev–Trinajstić information content (AvgIpc) is 3.16. The van der Waals surface area contributed by atoms with E-state index in [0.29, 0.717) is 6.04 Å². The summed E-state index contributed by atoms with van der Waals surface area (Å²) < 4.78 is 3.92. The summed E-state index contributed by atoms with van der Waals surface area (Å²) in [6, 6.07) is 0.427. The van der Waals surface area contributed by atoms with E-state index in [0.717, 1.165) is 29.5 Å². The van der Waals surface area contributed by atoms with Gasteiger partial charge in [0, 0.05) is 7.05 Å². The number of aliphatic hydroxyl groups excluding tert-OH is 1. The molecule has 2 aromatic heterocycles. The molecule has 2 aromatic rings. The molecular formula is C14H22N6OS. The molecule has 0 radical (unpaired) electrons. The lowest BCUT2D eigenvalue weighted by molar-refractivity contribution is 0.271. The molecule has 3 rings (SSSR count). The molecule has 1 fully saturated rings. The van der Waals surface area contributed by atoms with Gasteiger partial charge in [0.15, 0.2) is 11.0 Å². The van der Waals surface area contributed by atoms with Crippen molar-refractivity contribution in [3.8, 4) is 0 Å². The molecule has 0 spiro atoms. The fraction of sp³-hybridized carbons (Fsp3) is 0.714. The SMILES string of the molecule is C[C@H](Sc1ncc(CO)n1C)c1nnnn1C1CCCCC1. The lowest BCUT2D eigenvalue weighted by atomic mass is 9.95. The van der Waals surface area contributed by atoms with Crippen LogP contribution in [0.25, 0.3) is 0 Å². The van der Waals surface area contributed by atoms with Crippen molar-refractivity contribution in [2.24, 2.45) is 7.05 Å². The molecule has 0 unspecified atom stereocenters. The number of imidazole rings is 1. The summed E-state index contributed by atoms with van der Waals surface area (Å²) in [5.74, 6) is 0.908. The highest BCUT2D eigenvalue weighted by atomic mass is 32.2. The normalized spacial score (nSPS) is 17.8. The van der Waals surface area contributed by atoms with Crippen molar-refractivity contribution in [1.82, 2.24) is 29.8 Å². The maximum Gasteiger partial charge on any atom is 0.168 e. The predicted octanol–water partition coefficient (Wildman–Crippen LogP) is 2.26. The van der Waals surface area contributed by atoms with E-state index >= 15 is 0 Å². The Balaban J connectivity index is 1.76. The van der Waals surface area contributed by atoms with Crippen molar-refractivity contribution in [3.63, 3.8) is 0 Å². The summed E-state index contributed by atoms with van der Waals surface area (Å²) in [7, 11) is 1.91. The van der Waals surface area contributed by atoms with Crippen molar-refractivity contribution >= 4 is 11.8 Å². The zero-order chi connectivity index (χ0) is 15.5. The quantitative estimate of drug-likeness (QED) is 0.850. The molecule has 1 aliphatic carbocycles. The van der Waals surface area contributed by atoms with Crippen molar-refractivity contribution in [2.75, 3.05) is 0 Å². The molecule has 22 heavy (non-hydrogen) atoms. The van der Waals surface area contributed by atoms with Gasteiger partial charge in [-0.3, -0.25) is 0 Å². The van der Waals surface area contributed by atoms with Crippen LogP contribution in [0, 0.1) is 0 Å². The molecule has 1 N–H and O–H groups in total. The third kappa shape index (κ3) is 3.03. The highest BCUT2D eigenvalue weighted by molar-refractivity contribution is 7.99. The smallest absolute Gasteiger partial charge is 0.168 e. The number of nitrogens with zero attached hydrogens (tertiary/aromatic N) is 6. The molecular weight excluding hydrogens is 300 g/mol. The first-order valence-corrected chi connectivity index (χ1v) is 8.64. The zero-order valence-electron chi connectivity index (χ0n) is 13.0. The van der Waals surface area contributed by atoms with Crippen molar-refractivity contribution in [3.05, 3.63) is 17.7 Å². The highest BCUT2D eigenvalue weighted by Gasteiger charge is 2.24. The Morgan fingerprint density at radius 2 is 2.14 bits per heavy atom. The van der Waals surface area contributed by atoms with Crippen LogP contribution in [-0.4, -0.2) is 34.9 Å². The van der Waals surface area contributed by atoms with E-state index in [4.69, 9.17) is 0 Å². The second-order valence-corrected chi connectivity index (χ2v) is 7.09. The molecule has 7 nitrogen and oxygen atoms in total. The Morgan fingerprint density at radius 1 is 1.36 bits per heavy atom. The van der Waals surface area contributed by atoms with E-state index < -0.39 is 0 Å². The second-order valence-electron chi connectivity index (χ2n) is 5.78. The van der Waals surface area contributed by atoms with Crippen molar-refractivity contribution in [2.45, 2.75) is 62.1 Å². The van der Waals surface area contributed by atoms with Gasteiger partial charge in [-0.2, -0.15) is 0 Å². The largest absolute Gasteiger partial charge is 0.390 e. The van der Waals surface area contributed by atoms with Crippen LogP contribution in [0.15, 0.2) is 11.4 Å². The van der Waals surface area contributed by atoms with Gasteiger partial charge in [-0.15, -0.1) is 5.10 Å². The lowest BCUT2D eigenvalue weighted by Gasteiger charge is -2.23. The van der Waals surface area contributed by atoms with Crippen LogP contribution in [0.3, 0.4) is 0 Å². The Hall–Kier alpha value is -1.41. The maximum atomic E-state index is 9.26. The third-order valence-corrected chi connectivity index (χ3v) is 5.44. The third-order valence-electron chi connectivity index (χ3n) is 4.29. The summed E-state index contributed by atoms with van der Waals surface area (Å²) in [6.07, 6.45) is 7.85. The van der Waals surface area contributed by atoms with Crippen LogP contribution in [-0.2, 0) is 13.7 Å². The summed E-state index contributed by atoms with van der Waals surface area (Å²) >= 11 is 1.62. The Kier molecular flexibility index (Phi) is 4.77. The topological polar surface area (TPSA) is 81.7 Å². The summed E-state index contributed by atoms with van der Waals surface area (Å²) in [4.78, 5) is 4.37. The maximum absolute atomic E-state index is 9.26. The van der Waals surface area contributed by atoms with Gasteiger partial charge in [0.2, 0.25) is 0 Å². The van der Waals surface area contributed by atoms with E-state index in [2.05, 4.69) is 27.4 Å². The summed E-state index contributed by atoms with van der Waals surface area (Å²) in [5, 5.41) is 22.6. The number of hydrogen-bond donors (Lipinski definition) is 1. The zero-order valence-corrected chi connectivity index (χ0v) is 13.8. The number of aromatic nitrogens is 6. The van der Waals surface area contributed by atoms with Crippen LogP contribution in [0.4, 0.5) is 0 Å². The molecule has 1 aliphatic rings. The van der Waals surface area contributed by atoms with Gasteiger partial charge in [-0.05, 0) is 30.2 Å². The molecule has 0 saturated heterocycles. The van der Waals surface area contributed by atoms with Gasteiger partial charge < -0.3 is 9.67 Å². The highest BCUT2D eigenvalue weighted by Crippen LogP contribution is 2.36. The molecule has 1 atom stereocenters. The average molecular weight is 322 g/mol. The lowest BCUT2D eigenvalue weighted by Crippen LogP contribution is -2.17. The van der Waals surface area contributed by atoms with Crippen LogP contribution in [0.1, 0.15) is 61.8 Å². The van der Waals surface area contributed by atoms with Crippen molar-refractivity contribution < 1.29 is 5.11 Å². The van der Waals surface area contributed by atoms with E-state index in [1.54, 1.807) is 18.0 Å². The first-order valence-electron chi connectivity index (χ1n) is 7.76. The first-order chi connectivity index (χ1) is 10.7. The van der Waals surface area contributed by atoms with Crippen molar-refractivity contribution in [1.29, 1.82) is 0 Å². The number of aliphatic hydroxyl groups is 1. The second kappa shape index (κ2) is 6.78. The molecule has 0 amide bonds. The standard InChI is InChI=1S/C14H22N6OS/c1-10(22-14-15-8-12(9-21)19(14)2)13-16-17-18-20(13)11-6-4-3-5-7-11/h8,10-11,21H,3-7,9H2,1-2H3/t10-/m0/s1. The monoisotopic (exact) mass is 322 g/mol. The van der Waals surface area contributed by atoms with Gasteiger partial charge in [0.05, 0.1) is 29.8 Å². The number of rotatable bonds is 5. The predicted molar refractivity (Wildman–Crippen MR) is 83.3 cm³/mol. The van der Waals surface area contributed by atoms with E-state index in [1.165, 1.54) is 19.3 Å². The van der Waals surface area contributed by atoms with Gasteiger partial charge in [-0.25, -0.2) is 9.67 Å². The van der Waals surface area contributed by atoms with Gasteiger partial charge >= 0.3 is 0 Å². The Bertz CT molecular complexity index is 619. The fourth-order valence-electron chi connectivity index (χ4n) is 2.95. The van der Waals surface area contributed by atoms with E-state index in [-0.39, 0.29) is 11.9 Å². The van der Waals surface area contributed by atoms with Crippen LogP contribution in [0.2, 0.25) is 0 Å². The first kappa shape index (κ1) is 15.5.